The van der Waals surface area contributed by atoms with Crippen molar-refractivity contribution < 1.29 is 18.0 Å². The largest absolute Gasteiger partial charge is 0.354 e. The summed E-state index contributed by atoms with van der Waals surface area (Å²) >= 11 is 12.2. The van der Waals surface area contributed by atoms with Crippen LogP contribution in [0.15, 0.2) is 77.7 Å². The molecule has 10 heteroatoms. The molecular weight excluding hydrogens is 557 g/mol. The molecule has 0 aliphatic rings. The fourth-order valence-electron chi connectivity index (χ4n) is 4.07. The third-order valence-corrected chi connectivity index (χ3v) is 8.46. The van der Waals surface area contributed by atoms with Gasteiger partial charge in [0.1, 0.15) is 12.6 Å². The van der Waals surface area contributed by atoms with Crippen LogP contribution in [0, 0.1) is 6.92 Å². The summed E-state index contributed by atoms with van der Waals surface area (Å²) in [7, 11) is -4.19. The lowest BCUT2D eigenvalue weighted by Crippen LogP contribution is -2.52. The van der Waals surface area contributed by atoms with Crippen molar-refractivity contribution in [1.29, 1.82) is 0 Å². The van der Waals surface area contributed by atoms with Gasteiger partial charge in [-0.25, -0.2) is 8.42 Å². The van der Waals surface area contributed by atoms with Crippen LogP contribution in [0.5, 0.6) is 0 Å². The maximum Gasteiger partial charge on any atom is 0.264 e. The van der Waals surface area contributed by atoms with Crippen LogP contribution in [0.2, 0.25) is 10.0 Å². The summed E-state index contributed by atoms with van der Waals surface area (Å²) in [5, 5.41) is 3.57. The molecule has 0 fully saturated rings. The lowest BCUT2D eigenvalue weighted by molar-refractivity contribution is -0.140. The molecule has 3 aromatic rings. The van der Waals surface area contributed by atoms with E-state index in [2.05, 4.69) is 5.32 Å². The second-order valence-corrected chi connectivity index (χ2v) is 11.9. The van der Waals surface area contributed by atoms with Crippen LogP contribution in [-0.4, -0.2) is 44.3 Å². The van der Waals surface area contributed by atoms with Gasteiger partial charge in [0.05, 0.1) is 10.6 Å². The van der Waals surface area contributed by atoms with E-state index in [-0.39, 0.29) is 23.0 Å². The van der Waals surface area contributed by atoms with Crippen LogP contribution >= 0.6 is 23.2 Å². The molecule has 0 radical (unpaired) electrons. The van der Waals surface area contributed by atoms with Crippen molar-refractivity contribution in [2.24, 2.45) is 0 Å². The first kappa shape index (κ1) is 30.5. The van der Waals surface area contributed by atoms with Crippen molar-refractivity contribution in [2.75, 3.05) is 17.4 Å². The summed E-state index contributed by atoms with van der Waals surface area (Å²) in [6.07, 6.45) is 1.10. The Hall–Kier alpha value is -3.07. The van der Waals surface area contributed by atoms with Crippen molar-refractivity contribution in [3.63, 3.8) is 0 Å². The molecule has 2 amide bonds. The van der Waals surface area contributed by atoms with Crippen LogP contribution in [0.4, 0.5) is 5.69 Å². The van der Waals surface area contributed by atoms with E-state index >= 15 is 0 Å². The molecular formula is C29H33Cl2N3O4S. The molecule has 1 atom stereocenters. The first-order chi connectivity index (χ1) is 18.6. The van der Waals surface area contributed by atoms with E-state index in [1.54, 1.807) is 18.2 Å². The summed E-state index contributed by atoms with van der Waals surface area (Å²) in [5.41, 5.74) is 2.11. The standard InChI is InChI=1S/C29H33Cl2N3O4S/c1-4-17-32-29(36)27(5-2)33(19-22-11-9-21(3)10-12-22)28(35)20-34(25-8-6-7-24(31)18-25)39(37,38)26-15-13-23(30)14-16-26/h6-16,18,27H,4-5,17,19-20H2,1-3H3,(H,32,36)/t27-/m1/s1. The lowest BCUT2D eigenvalue weighted by Gasteiger charge is -2.33. The number of rotatable bonds is 12. The number of carbonyl (C=O) groups excluding carboxylic acids is 2. The van der Waals surface area contributed by atoms with Gasteiger partial charge in [-0.1, -0.05) is 72.9 Å². The highest BCUT2D eigenvalue weighted by atomic mass is 35.5. The number of nitrogens with one attached hydrogen (secondary N) is 1. The van der Waals surface area contributed by atoms with E-state index in [1.165, 1.54) is 35.2 Å². The zero-order valence-electron chi connectivity index (χ0n) is 22.2. The number of halogens is 2. The van der Waals surface area contributed by atoms with Crippen LogP contribution in [0.3, 0.4) is 0 Å². The Morgan fingerprint density at radius 1 is 0.923 bits per heavy atom. The van der Waals surface area contributed by atoms with Crippen molar-refractivity contribution >= 4 is 50.7 Å². The average molecular weight is 591 g/mol. The molecule has 0 aliphatic carbocycles. The number of anilines is 1. The Bertz CT molecular complexity index is 1380. The van der Waals surface area contributed by atoms with Gasteiger partial charge in [0.25, 0.3) is 10.0 Å². The van der Waals surface area contributed by atoms with Gasteiger partial charge in [0.2, 0.25) is 11.8 Å². The van der Waals surface area contributed by atoms with Crippen molar-refractivity contribution in [2.45, 2.75) is 51.1 Å². The molecule has 208 valence electrons. The van der Waals surface area contributed by atoms with Crippen LogP contribution in [0.25, 0.3) is 0 Å². The van der Waals surface area contributed by atoms with Crippen LogP contribution in [0.1, 0.15) is 37.8 Å². The van der Waals surface area contributed by atoms with Crippen molar-refractivity contribution in [1.82, 2.24) is 10.2 Å². The summed E-state index contributed by atoms with van der Waals surface area (Å²) in [6, 6.07) is 18.9. The third-order valence-electron chi connectivity index (χ3n) is 6.19. The smallest absolute Gasteiger partial charge is 0.264 e. The molecule has 39 heavy (non-hydrogen) atoms. The van der Waals surface area contributed by atoms with E-state index in [9.17, 15) is 18.0 Å². The molecule has 1 N–H and O–H groups in total. The minimum atomic E-state index is -4.19. The number of carbonyl (C=O) groups is 2. The predicted molar refractivity (Wildman–Crippen MR) is 157 cm³/mol. The number of sulfonamides is 1. The van der Waals surface area contributed by atoms with Crippen molar-refractivity contribution in [3.05, 3.63) is 94.0 Å². The van der Waals surface area contributed by atoms with Gasteiger partial charge in [-0.3, -0.25) is 13.9 Å². The highest BCUT2D eigenvalue weighted by Gasteiger charge is 2.33. The molecule has 0 saturated heterocycles. The fourth-order valence-corrected chi connectivity index (χ4v) is 5.79. The molecule has 3 rings (SSSR count). The molecule has 0 heterocycles. The van der Waals surface area contributed by atoms with Gasteiger partial charge in [0.15, 0.2) is 0 Å². The van der Waals surface area contributed by atoms with E-state index in [4.69, 9.17) is 23.2 Å². The third kappa shape index (κ3) is 7.97. The van der Waals surface area contributed by atoms with Crippen LogP contribution in [-0.2, 0) is 26.2 Å². The number of amides is 2. The first-order valence-corrected chi connectivity index (χ1v) is 14.9. The number of hydrogen-bond donors (Lipinski definition) is 1. The molecule has 0 aromatic heterocycles. The Morgan fingerprint density at radius 2 is 1.59 bits per heavy atom. The minimum absolute atomic E-state index is 0.0301. The second-order valence-electron chi connectivity index (χ2n) is 9.17. The minimum Gasteiger partial charge on any atom is -0.354 e. The first-order valence-electron chi connectivity index (χ1n) is 12.7. The van der Waals surface area contributed by atoms with Gasteiger partial charge in [-0.05, 0) is 67.8 Å². The number of benzene rings is 3. The summed E-state index contributed by atoms with van der Waals surface area (Å²) in [4.78, 5) is 28.5. The van der Waals surface area contributed by atoms with Gasteiger partial charge in [-0.2, -0.15) is 0 Å². The normalized spacial score (nSPS) is 12.0. The van der Waals surface area contributed by atoms with E-state index in [1.807, 2.05) is 45.0 Å². The highest BCUT2D eigenvalue weighted by Crippen LogP contribution is 2.27. The number of nitrogens with zero attached hydrogens (tertiary/aromatic N) is 2. The molecule has 7 nitrogen and oxygen atoms in total. The lowest BCUT2D eigenvalue weighted by atomic mass is 10.1. The Kier molecular flexibility index (Phi) is 10.8. The fraction of sp³-hybridized carbons (Fsp3) is 0.310. The summed E-state index contributed by atoms with van der Waals surface area (Å²) in [6.45, 7) is 5.81. The van der Waals surface area contributed by atoms with Gasteiger partial charge < -0.3 is 10.2 Å². The predicted octanol–water partition coefficient (Wildman–Crippen LogP) is 5.83. The molecule has 0 bridgehead atoms. The summed E-state index contributed by atoms with van der Waals surface area (Å²) < 4.78 is 28.6. The zero-order valence-corrected chi connectivity index (χ0v) is 24.6. The average Bonchev–Trinajstić information content (AvgIpc) is 2.91. The Morgan fingerprint density at radius 3 is 2.18 bits per heavy atom. The number of aryl methyl sites for hydroxylation is 1. The van der Waals surface area contributed by atoms with Crippen molar-refractivity contribution in [3.8, 4) is 0 Å². The maximum absolute atomic E-state index is 14.0. The highest BCUT2D eigenvalue weighted by molar-refractivity contribution is 7.92. The molecule has 3 aromatic carbocycles. The Balaban J connectivity index is 2.04. The van der Waals surface area contributed by atoms with E-state index in [0.29, 0.717) is 23.0 Å². The second kappa shape index (κ2) is 13.8. The molecule has 0 unspecified atom stereocenters. The SMILES string of the molecule is CCCNC(=O)[C@@H](CC)N(Cc1ccc(C)cc1)C(=O)CN(c1cccc(Cl)c1)S(=O)(=O)c1ccc(Cl)cc1. The summed E-state index contributed by atoms with van der Waals surface area (Å²) in [5.74, 6) is -0.804. The zero-order chi connectivity index (χ0) is 28.6. The van der Waals surface area contributed by atoms with Gasteiger partial charge >= 0.3 is 0 Å². The quantitative estimate of drug-likeness (QED) is 0.288. The molecule has 0 aliphatic heterocycles. The van der Waals surface area contributed by atoms with Gasteiger partial charge in [0, 0.05) is 23.1 Å². The molecule has 0 spiro atoms. The monoisotopic (exact) mass is 589 g/mol. The van der Waals surface area contributed by atoms with Gasteiger partial charge in [-0.15, -0.1) is 0 Å². The van der Waals surface area contributed by atoms with Crippen LogP contribution < -0.4 is 9.62 Å². The molecule has 0 saturated carbocycles. The van der Waals surface area contributed by atoms with E-state index < -0.39 is 28.5 Å². The topological polar surface area (TPSA) is 86.8 Å². The van der Waals surface area contributed by atoms with E-state index in [0.717, 1.165) is 21.9 Å². The Labute approximate surface area is 240 Å². The number of hydrogen-bond acceptors (Lipinski definition) is 4. The maximum atomic E-state index is 14.0.